The Balaban J connectivity index is 2.00. The highest BCUT2D eigenvalue weighted by Gasteiger charge is 2.21. The number of anilines is 1. The van der Waals surface area contributed by atoms with Gasteiger partial charge in [-0.05, 0) is 30.2 Å². The fourth-order valence-corrected chi connectivity index (χ4v) is 2.10. The number of amides is 1. The highest BCUT2D eigenvalue weighted by atomic mass is 16.2. The maximum absolute atomic E-state index is 12.3. The van der Waals surface area contributed by atoms with E-state index in [9.17, 15) is 4.79 Å². The van der Waals surface area contributed by atoms with Crippen LogP contribution in [0.15, 0.2) is 36.6 Å². The van der Waals surface area contributed by atoms with Gasteiger partial charge in [0.05, 0.1) is 5.70 Å². The molecule has 3 rings (SSSR count). The van der Waals surface area contributed by atoms with Gasteiger partial charge < -0.3 is 0 Å². The largest absolute Gasteiger partial charge is 0.295 e. The lowest BCUT2D eigenvalue weighted by Crippen LogP contribution is -2.26. The zero-order valence-corrected chi connectivity index (χ0v) is 12.4. The van der Waals surface area contributed by atoms with E-state index in [2.05, 4.69) is 15.3 Å². The molecule has 0 saturated heterocycles. The van der Waals surface area contributed by atoms with Crippen LogP contribution >= 0.6 is 0 Å². The summed E-state index contributed by atoms with van der Waals surface area (Å²) in [4.78, 5) is 21.1. The third-order valence-corrected chi connectivity index (χ3v) is 3.86. The summed E-state index contributed by atoms with van der Waals surface area (Å²) in [5.74, 6) is 0.711. The van der Waals surface area contributed by atoms with E-state index in [1.54, 1.807) is 6.20 Å². The molecule has 0 spiro atoms. The topological polar surface area (TPSA) is 59.8 Å². The molecule has 0 bridgehead atoms. The molecule has 1 N–H and O–H groups in total. The first kappa shape index (κ1) is 13.5. The zero-order chi connectivity index (χ0) is 15.0. The molecule has 2 heterocycles. The summed E-state index contributed by atoms with van der Waals surface area (Å²) < 4.78 is 1.88. The number of hydrogen-bond acceptors (Lipinski definition) is 3. The summed E-state index contributed by atoms with van der Waals surface area (Å²) in [5.41, 5.74) is 2.50. The van der Waals surface area contributed by atoms with Gasteiger partial charge in [-0.1, -0.05) is 26.8 Å². The van der Waals surface area contributed by atoms with Crippen molar-refractivity contribution in [2.24, 2.45) is 11.8 Å². The van der Waals surface area contributed by atoms with E-state index < -0.39 is 0 Å². The summed E-state index contributed by atoms with van der Waals surface area (Å²) in [5, 5.41) is 2.93. The van der Waals surface area contributed by atoms with Gasteiger partial charge in [0.25, 0.3) is 0 Å². The summed E-state index contributed by atoms with van der Waals surface area (Å²) in [6.07, 6.45) is 7.62. The molecule has 0 aromatic carbocycles. The van der Waals surface area contributed by atoms with Crippen LogP contribution in [-0.2, 0) is 4.79 Å². The lowest BCUT2D eigenvalue weighted by Gasteiger charge is -2.17. The number of pyridine rings is 1. The molecule has 1 atom stereocenters. The second-order valence-corrected chi connectivity index (χ2v) is 5.59. The highest BCUT2D eigenvalue weighted by Crippen LogP contribution is 2.26. The number of aromatic nitrogens is 3. The van der Waals surface area contributed by atoms with Gasteiger partial charge in [-0.25, -0.2) is 9.97 Å². The Hall–Kier alpha value is -2.43. The Bertz CT molecular complexity index is 755. The number of fused-ring (bicyclic) bond motifs is 1. The summed E-state index contributed by atoms with van der Waals surface area (Å²) >= 11 is 0. The first-order valence-corrected chi connectivity index (χ1v) is 7.11. The van der Waals surface area contributed by atoms with Gasteiger partial charge in [0.1, 0.15) is 5.52 Å². The molecule has 1 aliphatic rings. The molecule has 0 saturated carbocycles. The van der Waals surface area contributed by atoms with Crippen molar-refractivity contribution in [1.82, 2.24) is 14.5 Å². The van der Waals surface area contributed by atoms with Gasteiger partial charge in [0, 0.05) is 12.1 Å². The Morgan fingerprint density at radius 2 is 2.10 bits per heavy atom. The molecule has 1 aliphatic carbocycles. The molecule has 0 aliphatic heterocycles. The smallest absolute Gasteiger partial charge is 0.229 e. The van der Waals surface area contributed by atoms with Crippen LogP contribution in [0.3, 0.4) is 0 Å². The van der Waals surface area contributed by atoms with E-state index in [1.165, 1.54) is 0 Å². The second kappa shape index (κ2) is 5.16. The molecule has 0 fully saturated rings. The fraction of sp³-hybridized carbons (Fsp3) is 0.312. The van der Waals surface area contributed by atoms with Crippen LogP contribution in [0.4, 0.5) is 5.95 Å². The number of rotatable bonds is 4. The number of carbonyl (C=O) groups is 1. The minimum absolute atomic E-state index is 0.0227. The molecule has 1 amide bonds. The van der Waals surface area contributed by atoms with Gasteiger partial charge in [-0.15, -0.1) is 0 Å². The third kappa shape index (κ3) is 2.35. The molecule has 0 radical (unpaired) electrons. The van der Waals surface area contributed by atoms with Gasteiger partial charge in [-0.3, -0.25) is 14.7 Å². The Kier molecular flexibility index (Phi) is 3.33. The lowest BCUT2D eigenvalue weighted by molar-refractivity contribution is -0.120. The fourth-order valence-electron chi connectivity index (χ4n) is 2.10. The quantitative estimate of drug-likeness (QED) is 0.937. The van der Waals surface area contributed by atoms with Crippen molar-refractivity contribution in [3.63, 3.8) is 0 Å². The number of nitrogens with one attached hydrogen (secondary N) is 1. The first-order chi connectivity index (χ1) is 10.1. The first-order valence-electron chi connectivity index (χ1n) is 7.11. The standard InChI is InChI=1S/C16H18N4O/c1-10(2)11(3)15(21)19-16-18-13-8-5-9-17-14(13)20(16)12-6-4-7-12/h4-11H,1-3H3,(H,18,19,21)/t11-/m0/s1. The van der Waals surface area contributed by atoms with Crippen molar-refractivity contribution in [2.75, 3.05) is 5.32 Å². The maximum Gasteiger partial charge on any atom is 0.229 e. The number of allylic oxidation sites excluding steroid dienone is 4. The van der Waals surface area contributed by atoms with Crippen LogP contribution < -0.4 is 5.32 Å². The number of hydrogen-bond donors (Lipinski definition) is 1. The zero-order valence-electron chi connectivity index (χ0n) is 12.4. The van der Waals surface area contributed by atoms with Crippen LogP contribution in [0.1, 0.15) is 20.8 Å². The highest BCUT2D eigenvalue weighted by molar-refractivity contribution is 5.94. The van der Waals surface area contributed by atoms with E-state index >= 15 is 0 Å². The van der Waals surface area contributed by atoms with E-state index in [-0.39, 0.29) is 17.7 Å². The van der Waals surface area contributed by atoms with Crippen LogP contribution in [0, 0.1) is 11.8 Å². The van der Waals surface area contributed by atoms with Crippen molar-refractivity contribution < 1.29 is 4.79 Å². The van der Waals surface area contributed by atoms with Gasteiger partial charge in [0.2, 0.25) is 11.9 Å². The third-order valence-electron chi connectivity index (χ3n) is 3.86. The molecule has 108 valence electrons. The number of imidazole rings is 1. The SMILES string of the molecule is CC(C)[C@H](C)C(=O)Nc1nc2cccnc2n1C1=CC=C1. The van der Waals surface area contributed by atoms with Crippen LogP contribution in [0.25, 0.3) is 16.9 Å². The lowest BCUT2D eigenvalue weighted by atomic mass is 9.97. The van der Waals surface area contributed by atoms with E-state index in [0.717, 1.165) is 16.9 Å². The van der Waals surface area contributed by atoms with Crippen molar-refractivity contribution in [1.29, 1.82) is 0 Å². The maximum atomic E-state index is 12.3. The predicted molar refractivity (Wildman–Crippen MR) is 83.6 cm³/mol. The molecule has 21 heavy (non-hydrogen) atoms. The van der Waals surface area contributed by atoms with Gasteiger partial charge in [0.15, 0.2) is 5.65 Å². The van der Waals surface area contributed by atoms with Crippen LogP contribution in [0.2, 0.25) is 0 Å². The summed E-state index contributed by atoms with van der Waals surface area (Å²) in [7, 11) is 0. The van der Waals surface area contributed by atoms with Crippen molar-refractivity contribution in [3.8, 4) is 0 Å². The minimum Gasteiger partial charge on any atom is -0.295 e. The molecular weight excluding hydrogens is 264 g/mol. The second-order valence-electron chi connectivity index (χ2n) is 5.59. The molecule has 0 unspecified atom stereocenters. The summed E-state index contributed by atoms with van der Waals surface area (Å²) in [6, 6.07) is 3.73. The van der Waals surface area contributed by atoms with E-state index in [1.807, 2.05) is 55.7 Å². The molecule has 5 heteroatoms. The molecule has 2 aromatic rings. The summed E-state index contributed by atoms with van der Waals surface area (Å²) in [6.45, 7) is 5.99. The molecular formula is C16H18N4O. The normalized spacial score (nSPS) is 15.0. The number of nitrogens with zero attached hydrogens (tertiary/aromatic N) is 3. The van der Waals surface area contributed by atoms with E-state index in [4.69, 9.17) is 0 Å². The van der Waals surface area contributed by atoms with Crippen molar-refractivity contribution >= 4 is 28.7 Å². The number of carbonyl (C=O) groups excluding carboxylic acids is 1. The Morgan fingerprint density at radius 1 is 1.33 bits per heavy atom. The minimum atomic E-state index is -0.0721. The molecule has 2 aromatic heterocycles. The van der Waals surface area contributed by atoms with Crippen LogP contribution in [-0.4, -0.2) is 20.4 Å². The van der Waals surface area contributed by atoms with Gasteiger partial charge >= 0.3 is 0 Å². The monoisotopic (exact) mass is 282 g/mol. The Morgan fingerprint density at radius 3 is 2.71 bits per heavy atom. The van der Waals surface area contributed by atoms with Crippen molar-refractivity contribution in [3.05, 3.63) is 36.6 Å². The average molecular weight is 282 g/mol. The predicted octanol–water partition coefficient (Wildman–Crippen LogP) is 3.07. The van der Waals surface area contributed by atoms with E-state index in [0.29, 0.717) is 5.95 Å². The van der Waals surface area contributed by atoms with Gasteiger partial charge in [-0.2, -0.15) is 0 Å². The average Bonchev–Trinajstić information content (AvgIpc) is 2.74. The Labute approximate surface area is 123 Å². The molecule has 5 nitrogen and oxygen atoms in total. The van der Waals surface area contributed by atoms with Crippen LogP contribution in [0.5, 0.6) is 0 Å². The van der Waals surface area contributed by atoms with Crippen molar-refractivity contribution in [2.45, 2.75) is 20.8 Å².